The number of benzene rings is 1. The molecule has 0 radical (unpaired) electrons. The molecule has 1 N–H and O–H groups in total. The summed E-state index contributed by atoms with van der Waals surface area (Å²) in [5.41, 5.74) is 0.926. The fourth-order valence-electron chi connectivity index (χ4n) is 1.63. The third-order valence-electron chi connectivity index (χ3n) is 2.41. The number of rotatable bonds is 2. The predicted octanol–water partition coefficient (Wildman–Crippen LogP) is 0.798. The Hall–Kier alpha value is -1.55. The SMILES string of the molecule is O=C1NCCN(Cc2cccc(Cl)c2)C1=O. The van der Waals surface area contributed by atoms with Crippen LogP contribution in [0.5, 0.6) is 0 Å². The molecule has 4 nitrogen and oxygen atoms in total. The van der Waals surface area contributed by atoms with Gasteiger partial charge in [-0.3, -0.25) is 9.59 Å². The molecule has 2 amide bonds. The zero-order valence-electron chi connectivity index (χ0n) is 8.57. The van der Waals surface area contributed by atoms with Gasteiger partial charge in [-0.1, -0.05) is 23.7 Å². The Labute approximate surface area is 98.2 Å². The van der Waals surface area contributed by atoms with E-state index in [1.165, 1.54) is 4.90 Å². The number of nitrogens with zero attached hydrogens (tertiary/aromatic N) is 1. The fourth-order valence-corrected chi connectivity index (χ4v) is 1.84. The van der Waals surface area contributed by atoms with Crippen molar-refractivity contribution >= 4 is 23.4 Å². The first-order chi connectivity index (χ1) is 7.66. The van der Waals surface area contributed by atoms with Crippen LogP contribution in [0.1, 0.15) is 5.56 Å². The van der Waals surface area contributed by atoms with Crippen LogP contribution >= 0.6 is 11.6 Å². The highest BCUT2D eigenvalue weighted by molar-refractivity contribution is 6.35. The van der Waals surface area contributed by atoms with Gasteiger partial charge < -0.3 is 10.2 Å². The number of amides is 2. The van der Waals surface area contributed by atoms with Gasteiger partial charge in [0.15, 0.2) is 0 Å². The second-order valence-electron chi connectivity index (χ2n) is 3.61. The second kappa shape index (κ2) is 4.53. The van der Waals surface area contributed by atoms with Gasteiger partial charge in [0.05, 0.1) is 0 Å². The molecular weight excluding hydrogens is 228 g/mol. The molecule has 1 aromatic rings. The van der Waals surface area contributed by atoms with Crippen molar-refractivity contribution in [2.75, 3.05) is 13.1 Å². The smallest absolute Gasteiger partial charge is 0.312 e. The normalized spacial score (nSPS) is 16.2. The minimum atomic E-state index is -0.534. The van der Waals surface area contributed by atoms with Gasteiger partial charge >= 0.3 is 11.8 Å². The zero-order chi connectivity index (χ0) is 11.5. The minimum Gasteiger partial charge on any atom is -0.346 e. The van der Waals surface area contributed by atoms with Crippen LogP contribution in [0.4, 0.5) is 0 Å². The van der Waals surface area contributed by atoms with E-state index in [0.717, 1.165) is 5.56 Å². The average Bonchev–Trinajstić information content (AvgIpc) is 2.25. The number of hydrogen-bond donors (Lipinski definition) is 1. The van der Waals surface area contributed by atoms with Gasteiger partial charge in [-0.2, -0.15) is 0 Å². The number of hydrogen-bond acceptors (Lipinski definition) is 2. The van der Waals surface area contributed by atoms with Crippen molar-refractivity contribution in [1.29, 1.82) is 0 Å². The highest BCUT2D eigenvalue weighted by atomic mass is 35.5. The molecule has 0 bridgehead atoms. The van der Waals surface area contributed by atoms with E-state index in [4.69, 9.17) is 11.6 Å². The molecule has 1 fully saturated rings. The number of halogens is 1. The highest BCUT2D eigenvalue weighted by Crippen LogP contribution is 2.13. The van der Waals surface area contributed by atoms with Gasteiger partial charge in [0.25, 0.3) is 0 Å². The summed E-state index contributed by atoms with van der Waals surface area (Å²) in [7, 11) is 0. The number of piperazine rings is 1. The average molecular weight is 239 g/mol. The summed E-state index contributed by atoms with van der Waals surface area (Å²) >= 11 is 5.84. The van der Waals surface area contributed by atoms with Crippen LogP contribution in [0, 0.1) is 0 Å². The maximum atomic E-state index is 11.5. The molecule has 0 saturated carbocycles. The molecule has 1 saturated heterocycles. The van der Waals surface area contributed by atoms with Crippen LogP contribution in [0.25, 0.3) is 0 Å². The standard InChI is InChI=1S/C11H11ClN2O2/c12-9-3-1-2-8(6-9)7-14-5-4-13-10(15)11(14)16/h1-3,6H,4-5,7H2,(H,13,15). The summed E-state index contributed by atoms with van der Waals surface area (Å²) < 4.78 is 0. The molecule has 0 atom stereocenters. The topological polar surface area (TPSA) is 49.4 Å². The first kappa shape index (κ1) is 11.0. The highest BCUT2D eigenvalue weighted by Gasteiger charge is 2.25. The molecule has 0 aromatic heterocycles. The monoisotopic (exact) mass is 238 g/mol. The maximum Gasteiger partial charge on any atom is 0.312 e. The zero-order valence-corrected chi connectivity index (χ0v) is 9.33. The fraction of sp³-hybridized carbons (Fsp3) is 0.273. The predicted molar refractivity (Wildman–Crippen MR) is 59.9 cm³/mol. The molecule has 1 heterocycles. The summed E-state index contributed by atoms with van der Waals surface area (Å²) in [5.74, 6) is -1.01. The molecular formula is C11H11ClN2O2. The van der Waals surface area contributed by atoms with Crippen molar-refractivity contribution in [3.8, 4) is 0 Å². The Balaban J connectivity index is 2.09. The lowest BCUT2D eigenvalue weighted by Gasteiger charge is -2.26. The van der Waals surface area contributed by atoms with Gasteiger partial charge in [-0.05, 0) is 17.7 Å². The molecule has 2 rings (SSSR count). The van der Waals surface area contributed by atoms with E-state index in [9.17, 15) is 9.59 Å². The Bertz CT molecular complexity index is 434. The molecule has 0 aliphatic carbocycles. The lowest BCUT2D eigenvalue weighted by atomic mass is 10.2. The molecule has 16 heavy (non-hydrogen) atoms. The third-order valence-corrected chi connectivity index (χ3v) is 2.65. The summed E-state index contributed by atoms with van der Waals surface area (Å²) in [4.78, 5) is 24.1. The van der Waals surface area contributed by atoms with Crippen molar-refractivity contribution in [2.45, 2.75) is 6.54 Å². The number of carbonyl (C=O) groups is 2. The molecule has 1 aromatic carbocycles. The molecule has 0 unspecified atom stereocenters. The Morgan fingerprint density at radius 3 is 2.94 bits per heavy atom. The van der Waals surface area contributed by atoms with Crippen LogP contribution in [0.15, 0.2) is 24.3 Å². The summed E-state index contributed by atoms with van der Waals surface area (Å²) in [6, 6.07) is 7.27. The molecule has 5 heteroatoms. The van der Waals surface area contributed by atoms with E-state index in [0.29, 0.717) is 24.7 Å². The first-order valence-corrected chi connectivity index (χ1v) is 5.36. The Morgan fingerprint density at radius 2 is 2.19 bits per heavy atom. The minimum absolute atomic E-state index is 0.423. The second-order valence-corrected chi connectivity index (χ2v) is 4.05. The van der Waals surface area contributed by atoms with Crippen molar-refractivity contribution in [1.82, 2.24) is 10.2 Å². The van der Waals surface area contributed by atoms with Gasteiger partial charge in [-0.25, -0.2) is 0 Å². The first-order valence-electron chi connectivity index (χ1n) is 4.98. The summed E-state index contributed by atoms with van der Waals surface area (Å²) in [6.07, 6.45) is 0. The van der Waals surface area contributed by atoms with Crippen LogP contribution in [0.3, 0.4) is 0 Å². The third kappa shape index (κ3) is 2.33. The quantitative estimate of drug-likeness (QED) is 0.775. The van der Waals surface area contributed by atoms with Gasteiger partial charge in [0.1, 0.15) is 0 Å². The Morgan fingerprint density at radius 1 is 1.38 bits per heavy atom. The lowest BCUT2D eigenvalue weighted by molar-refractivity contribution is -0.148. The van der Waals surface area contributed by atoms with E-state index in [-0.39, 0.29) is 0 Å². The molecule has 84 valence electrons. The van der Waals surface area contributed by atoms with Crippen LogP contribution in [-0.2, 0) is 16.1 Å². The maximum absolute atomic E-state index is 11.5. The summed E-state index contributed by atoms with van der Waals surface area (Å²) in [5, 5.41) is 3.13. The molecule has 1 aliphatic rings. The van der Waals surface area contributed by atoms with Crippen LogP contribution in [0.2, 0.25) is 5.02 Å². The summed E-state index contributed by atoms with van der Waals surface area (Å²) in [6.45, 7) is 1.47. The number of nitrogens with one attached hydrogen (secondary N) is 1. The van der Waals surface area contributed by atoms with Gasteiger partial charge in [-0.15, -0.1) is 0 Å². The van der Waals surface area contributed by atoms with Crippen LogP contribution < -0.4 is 5.32 Å². The Kier molecular flexibility index (Phi) is 3.10. The van der Waals surface area contributed by atoms with E-state index < -0.39 is 11.8 Å². The van der Waals surface area contributed by atoms with E-state index in [2.05, 4.69) is 5.32 Å². The largest absolute Gasteiger partial charge is 0.346 e. The molecule has 1 aliphatic heterocycles. The van der Waals surface area contributed by atoms with Crippen molar-refractivity contribution in [3.63, 3.8) is 0 Å². The van der Waals surface area contributed by atoms with Gasteiger partial charge in [0.2, 0.25) is 0 Å². The van der Waals surface area contributed by atoms with Crippen molar-refractivity contribution in [2.24, 2.45) is 0 Å². The van der Waals surface area contributed by atoms with Crippen LogP contribution in [-0.4, -0.2) is 29.8 Å². The molecule has 0 spiro atoms. The lowest BCUT2D eigenvalue weighted by Crippen LogP contribution is -2.51. The van der Waals surface area contributed by atoms with Crippen molar-refractivity contribution < 1.29 is 9.59 Å². The van der Waals surface area contributed by atoms with E-state index in [1.807, 2.05) is 12.1 Å². The van der Waals surface area contributed by atoms with E-state index >= 15 is 0 Å². The number of carbonyl (C=O) groups excluding carboxylic acids is 2. The van der Waals surface area contributed by atoms with E-state index in [1.54, 1.807) is 12.1 Å². The van der Waals surface area contributed by atoms with Gasteiger partial charge in [0, 0.05) is 24.7 Å². The van der Waals surface area contributed by atoms with Crippen molar-refractivity contribution in [3.05, 3.63) is 34.9 Å².